The molecule has 0 fully saturated rings. The molecule has 5 nitrogen and oxygen atoms in total. The van der Waals surface area contributed by atoms with Gasteiger partial charge in [0.1, 0.15) is 19.0 Å². The highest BCUT2D eigenvalue weighted by atomic mass is 19.1. The van der Waals surface area contributed by atoms with Crippen LogP contribution in [0.5, 0.6) is 0 Å². The molecule has 92 valence electrons. The molecule has 0 saturated heterocycles. The Balaban J connectivity index is 2.45. The molecule has 0 heterocycles. The van der Waals surface area contributed by atoms with Gasteiger partial charge in [0.05, 0.1) is 0 Å². The van der Waals surface area contributed by atoms with E-state index in [1.807, 2.05) is 0 Å². The van der Waals surface area contributed by atoms with Crippen LogP contribution in [0.15, 0.2) is 18.2 Å². The van der Waals surface area contributed by atoms with Crippen molar-refractivity contribution in [3.05, 3.63) is 29.6 Å². The average molecular weight is 241 g/mol. The van der Waals surface area contributed by atoms with E-state index in [1.165, 1.54) is 18.2 Å². The van der Waals surface area contributed by atoms with Gasteiger partial charge in [0.25, 0.3) is 0 Å². The Kier molecular flexibility index (Phi) is 4.59. The molecule has 0 saturated carbocycles. The first-order chi connectivity index (χ1) is 7.99. The van der Waals surface area contributed by atoms with Crippen molar-refractivity contribution in [1.29, 1.82) is 0 Å². The van der Waals surface area contributed by atoms with Gasteiger partial charge in [-0.25, -0.2) is 9.18 Å². The van der Waals surface area contributed by atoms with Crippen molar-refractivity contribution in [3.8, 4) is 0 Å². The van der Waals surface area contributed by atoms with Crippen LogP contribution in [-0.2, 0) is 14.3 Å². The number of halogens is 1. The van der Waals surface area contributed by atoms with E-state index in [0.29, 0.717) is 11.3 Å². The second-order valence-electron chi connectivity index (χ2n) is 3.40. The van der Waals surface area contributed by atoms with Crippen LogP contribution in [0.2, 0.25) is 0 Å². The van der Waals surface area contributed by atoms with Gasteiger partial charge in [-0.3, -0.25) is 4.79 Å². The summed E-state index contributed by atoms with van der Waals surface area (Å²) in [6.45, 7) is 0.685. The summed E-state index contributed by atoms with van der Waals surface area (Å²) in [5, 5.41) is 10.7. The maximum absolute atomic E-state index is 12.9. The largest absolute Gasteiger partial charge is 0.480 e. The quantitative estimate of drug-likeness (QED) is 0.811. The van der Waals surface area contributed by atoms with Gasteiger partial charge in [-0.1, -0.05) is 0 Å². The first-order valence-corrected chi connectivity index (χ1v) is 4.84. The monoisotopic (exact) mass is 241 g/mol. The summed E-state index contributed by atoms with van der Waals surface area (Å²) in [5.74, 6) is -1.99. The summed E-state index contributed by atoms with van der Waals surface area (Å²) >= 11 is 0. The summed E-state index contributed by atoms with van der Waals surface area (Å²) < 4.78 is 17.5. The molecule has 0 radical (unpaired) electrons. The Hall–Kier alpha value is -1.95. The van der Waals surface area contributed by atoms with Gasteiger partial charge in [0, 0.05) is 5.69 Å². The van der Waals surface area contributed by atoms with Gasteiger partial charge in [-0.05, 0) is 30.7 Å². The highest BCUT2D eigenvalue weighted by molar-refractivity contribution is 5.91. The number of anilines is 1. The van der Waals surface area contributed by atoms with Crippen molar-refractivity contribution in [3.63, 3.8) is 0 Å². The fourth-order valence-electron chi connectivity index (χ4n) is 1.15. The molecular formula is C11H12FNO4. The summed E-state index contributed by atoms with van der Waals surface area (Å²) in [4.78, 5) is 21.4. The van der Waals surface area contributed by atoms with E-state index in [9.17, 15) is 14.0 Å². The average Bonchev–Trinajstić information content (AvgIpc) is 2.23. The van der Waals surface area contributed by atoms with E-state index >= 15 is 0 Å². The van der Waals surface area contributed by atoms with Crippen LogP contribution in [0, 0.1) is 12.7 Å². The fraction of sp³-hybridized carbons (Fsp3) is 0.273. The second kappa shape index (κ2) is 5.95. The van der Waals surface area contributed by atoms with E-state index in [2.05, 4.69) is 10.1 Å². The zero-order valence-electron chi connectivity index (χ0n) is 9.20. The number of nitrogens with one attached hydrogen (secondary N) is 1. The van der Waals surface area contributed by atoms with Crippen molar-refractivity contribution >= 4 is 17.6 Å². The van der Waals surface area contributed by atoms with Crippen LogP contribution >= 0.6 is 0 Å². The molecular weight excluding hydrogens is 229 g/mol. The van der Waals surface area contributed by atoms with Gasteiger partial charge >= 0.3 is 5.97 Å². The second-order valence-corrected chi connectivity index (χ2v) is 3.40. The maximum Gasteiger partial charge on any atom is 0.329 e. The molecule has 0 aromatic heterocycles. The number of aryl methyl sites for hydroxylation is 1. The van der Waals surface area contributed by atoms with E-state index in [1.54, 1.807) is 6.92 Å². The topological polar surface area (TPSA) is 75.6 Å². The molecule has 0 aliphatic rings. The maximum atomic E-state index is 12.9. The van der Waals surface area contributed by atoms with Gasteiger partial charge in [0.2, 0.25) is 5.91 Å². The Morgan fingerprint density at radius 2 is 2.12 bits per heavy atom. The van der Waals surface area contributed by atoms with Gasteiger partial charge in [-0.2, -0.15) is 0 Å². The highest BCUT2D eigenvalue weighted by Crippen LogP contribution is 2.13. The summed E-state index contributed by atoms with van der Waals surface area (Å²) in [5.41, 5.74) is 0.849. The number of amides is 1. The molecule has 0 spiro atoms. The molecule has 1 aromatic rings. The molecule has 6 heteroatoms. The van der Waals surface area contributed by atoms with Crippen LogP contribution in [0.25, 0.3) is 0 Å². The zero-order valence-corrected chi connectivity index (χ0v) is 9.20. The lowest BCUT2D eigenvalue weighted by Crippen LogP contribution is -2.20. The minimum absolute atomic E-state index is 0.356. The van der Waals surface area contributed by atoms with Crippen molar-refractivity contribution in [2.24, 2.45) is 0 Å². The van der Waals surface area contributed by atoms with Crippen LogP contribution in [0.4, 0.5) is 10.1 Å². The number of carbonyl (C=O) groups is 2. The van der Waals surface area contributed by atoms with Crippen LogP contribution < -0.4 is 5.32 Å². The number of carboxylic acid groups (broad SMARTS) is 1. The lowest BCUT2D eigenvalue weighted by Gasteiger charge is -2.06. The van der Waals surface area contributed by atoms with Crippen LogP contribution in [0.3, 0.4) is 0 Å². The van der Waals surface area contributed by atoms with E-state index in [0.717, 1.165) is 0 Å². The number of rotatable bonds is 5. The van der Waals surface area contributed by atoms with Crippen molar-refractivity contribution < 1.29 is 23.8 Å². The Morgan fingerprint density at radius 3 is 2.71 bits per heavy atom. The normalized spacial score (nSPS) is 10.0. The summed E-state index contributed by atoms with van der Waals surface area (Å²) in [7, 11) is 0. The Labute approximate surface area is 97.2 Å². The standard InChI is InChI=1S/C11H12FNO4/c1-7-4-8(2-3-9(7)12)13-10(14)5-17-6-11(15)16/h2-4H,5-6H2,1H3,(H,13,14)(H,15,16). The smallest absolute Gasteiger partial charge is 0.329 e. The first-order valence-electron chi connectivity index (χ1n) is 4.84. The SMILES string of the molecule is Cc1cc(NC(=O)COCC(=O)O)ccc1F. The number of ether oxygens (including phenoxy) is 1. The molecule has 17 heavy (non-hydrogen) atoms. The number of carbonyl (C=O) groups excluding carboxylic acids is 1. The minimum atomic E-state index is -1.14. The molecule has 0 aliphatic carbocycles. The summed E-state index contributed by atoms with van der Waals surface area (Å²) in [6, 6.07) is 4.13. The van der Waals surface area contributed by atoms with Crippen molar-refractivity contribution in [2.45, 2.75) is 6.92 Å². The van der Waals surface area contributed by atoms with Gasteiger partial charge < -0.3 is 15.2 Å². The third kappa shape index (κ3) is 4.60. The minimum Gasteiger partial charge on any atom is -0.480 e. The lowest BCUT2D eigenvalue weighted by atomic mass is 10.2. The Bertz CT molecular complexity index is 433. The first kappa shape index (κ1) is 13.1. The van der Waals surface area contributed by atoms with Crippen molar-refractivity contribution in [2.75, 3.05) is 18.5 Å². The summed E-state index contributed by atoms with van der Waals surface area (Å²) in [6.07, 6.45) is 0. The molecule has 1 amide bonds. The Morgan fingerprint density at radius 1 is 1.41 bits per heavy atom. The molecule has 0 unspecified atom stereocenters. The third-order valence-electron chi connectivity index (χ3n) is 1.90. The molecule has 0 atom stereocenters. The number of benzene rings is 1. The van der Waals surface area contributed by atoms with E-state index in [4.69, 9.17) is 5.11 Å². The van der Waals surface area contributed by atoms with E-state index in [-0.39, 0.29) is 12.4 Å². The molecule has 0 bridgehead atoms. The zero-order chi connectivity index (χ0) is 12.8. The molecule has 2 N–H and O–H groups in total. The highest BCUT2D eigenvalue weighted by Gasteiger charge is 2.05. The number of aliphatic carboxylic acids is 1. The van der Waals surface area contributed by atoms with Gasteiger partial charge in [-0.15, -0.1) is 0 Å². The van der Waals surface area contributed by atoms with E-state index < -0.39 is 18.5 Å². The number of carboxylic acids is 1. The molecule has 0 aliphatic heterocycles. The van der Waals surface area contributed by atoms with Crippen molar-refractivity contribution in [1.82, 2.24) is 0 Å². The number of hydrogen-bond acceptors (Lipinski definition) is 3. The molecule has 1 aromatic carbocycles. The van der Waals surface area contributed by atoms with Gasteiger partial charge in [0.15, 0.2) is 0 Å². The van der Waals surface area contributed by atoms with Crippen LogP contribution in [0.1, 0.15) is 5.56 Å². The van der Waals surface area contributed by atoms with Crippen LogP contribution in [-0.4, -0.2) is 30.2 Å². The lowest BCUT2D eigenvalue weighted by molar-refractivity contribution is -0.143. The third-order valence-corrected chi connectivity index (χ3v) is 1.90. The molecule has 1 rings (SSSR count). The number of hydrogen-bond donors (Lipinski definition) is 2. The predicted octanol–water partition coefficient (Wildman–Crippen LogP) is 1.17. The predicted molar refractivity (Wildman–Crippen MR) is 58.2 cm³/mol. The fourth-order valence-corrected chi connectivity index (χ4v) is 1.15.